The van der Waals surface area contributed by atoms with Gasteiger partial charge in [0.05, 0.1) is 28.4 Å². The van der Waals surface area contributed by atoms with Gasteiger partial charge in [-0.25, -0.2) is 9.97 Å². The second kappa shape index (κ2) is 12.6. The number of hydrogen-bond donors (Lipinski definition) is 0. The zero-order chi connectivity index (χ0) is 36.3. The number of rotatable bonds is 6. The van der Waals surface area contributed by atoms with Crippen LogP contribution in [0.25, 0.3) is 66.2 Å². The quantitative estimate of drug-likeness (QED) is 0.160. The van der Waals surface area contributed by atoms with Gasteiger partial charge in [-0.05, 0) is 78.2 Å². The first-order valence-electron chi connectivity index (χ1n) is 18.6. The molecule has 4 heterocycles. The van der Waals surface area contributed by atoms with Crippen LogP contribution >= 0.6 is 10.0 Å². The molecule has 11 rings (SSSR count). The smallest absolute Gasteiger partial charge is 0.145 e. The van der Waals surface area contributed by atoms with E-state index in [1.165, 1.54) is 41.1 Å². The normalized spacial score (nSPS) is 12.3. The summed E-state index contributed by atoms with van der Waals surface area (Å²) in [6.07, 6.45) is 3.91. The van der Waals surface area contributed by atoms with Crippen LogP contribution in [0.4, 0.5) is 0 Å². The largest absolute Gasteiger partial charge is 0.294 e. The van der Waals surface area contributed by atoms with Gasteiger partial charge in [0.2, 0.25) is 0 Å². The Morgan fingerprint density at radius 3 is 1.64 bits per heavy atom. The highest BCUT2D eigenvalue weighted by molar-refractivity contribution is 8.34. The summed E-state index contributed by atoms with van der Waals surface area (Å²) in [5, 5.41) is 5.94. The molecule has 11 aromatic rings. The summed E-state index contributed by atoms with van der Waals surface area (Å²) in [5.74, 6) is 0.902. The number of benzene rings is 7. The highest BCUT2D eigenvalue weighted by atomic mass is 32.3. The number of fused-ring (bicyclic) bond motifs is 9. The van der Waals surface area contributed by atoms with Crippen LogP contribution in [0.15, 0.2) is 226 Å². The summed E-state index contributed by atoms with van der Waals surface area (Å²) in [6, 6.07) is 70.6. The first-order valence-corrected chi connectivity index (χ1v) is 20.2. The van der Waals surface area contributed by atoms with E-state index in [1.54, 1.807) is 0 Å². The Morgan fingerprint density at radius 2 is 0.945 bits per heavy atom. The van der Waals surface area contributed by atoms with E-state index in [4.69, 9.17) is 9.97 Å². The van der Waals surface area contributed by atoms with Gasteiger partial charge in [0, 0.05) is 52.9 Å². The standard InChI is InChI=1S/C50H34N4S/c1-4-16-35(17-5-1)48-34-52-50-44-32-38(27-29-40(44)41-22-10-13-25-46(41)54(48)50)55(36-18-6-2-7-19-36,37-20-8-3-9-21-37)39-28-30-43-42-23-11-12-24-45(42)53(47(43)33-39)49-26-14-15-31-51-49/h1-34H. The monoisotopic (exact) mass is 722 g/mol. The van der Waals surface area contributed by atoms with Gasteiger partial charge in [-0.1, -0.05) is 121 Å². The number of pyridine rings is 2. The molecule has 0 saturated carbocycles. The molecule has 0 aliphatic carbocycles. The molecule has 0 atom stereocenters. The number of imidazole rings is 1. The van der Waals surface area contributed by atoms with Crippen LogP contribution in [-0.2, 0) is 0 Å². The van der Waals surface area contributed by atoms with Crippen molar-refractivity contribution >= 4 is 59.2 Å². The van der Waals surface area contributed by atoms with Crippen LogP contribution in [0.2, 0.25) is 0 Å². The van der Waals surface area contributed by atoms with E-state index in [-0.39, 0.29) is 0 Å². The predicted molar refractivity (Wildman–Crippen MR) is 228 cm³/mol. The van der Waals surface area contributed by atoms with E-state index in [0.29, 0.717) is 0 Å². The lowest BCUT2D eigenvalue weighted by Crippen LogP contribution is -2.06. The van der Waals surface area contributed by atoms with E-state index in [9.17, 15) is 0 Å². The van der Waals surface area contributed by atoms with Gasteiger partial charge < -0.3 is 0 Å². The van der Waals surface area contributed by atoms with Crippen molar-refractivity contribution in [2.75, 3.05) is 0 Å². The van der Waals surface area contributed by atoms with Gasteiger partial charge >= 0.3 is 0 Å². The number of hydrogen-bond acceptors (Lipinski definition) is 2. The van der Waals surface area contributed by atoms with E-state index >= 15 is 0 Å². The van der Waals surface area contributed by atoms with Crippen molar-refractivity contribution in [1.82, 2.24) is 18.9 Å². The van der Waals surface area contributed by atoms with Gasteiger partial charge in [0.15, 0.2) is 0 Å². The van der Waals surface area contributed by atoms with Crippen LogP contribution in [0, 0.1) is 0 Å². The number of aromatic nitrogens is 4. The highest BCUT2D eigenvalue weighted by Gasteiger charge is 2.34. The fraction of sp³-hybridized carbons (Fsp3) is 0. The minimum absolute atomic E-state index is 0.902. The van der Waals surface area contributed by atoms with Crippen LogP contribution in [-0.4, -0.2) is 18.9 Å². The molecule has 5 heteroatoms. The minimum atomic E-state index is -2.07. The maximum absolute atomic E-state index is 5.19. The summed E-state index contributed by atoms with van der Waals surface area (Å²) < 4.78 is 4.66. The van der Waals surface area contributed by atoms with Crippen molar-refractivity contribution in [1.29, 1.82) is 0 Å². The molecular weight excluding hydrogens is 689 g/mol. The van der Waals surface area contributed by atoms with E-state index in [1.807, 2.05) is 18.5 Å². The topological polar surface area (TPSA) is 35.1 Å². The van der Waals surface area contributed by atoms with Crippen LogP contribution in [0.5, 0.6) is 0 Å². The third-order valence-electron chi connectivity index (χ3n) is 10.9. The molecule has 55 heavy (non-hydrogen) atoms. The Balaban J connectivity index is 1.27. The Labute approximate surface area is 319 Å². The maximum Gasteiger partial charge on any atom is 0.145 e. The summed E-state index contributed by atoms with van der Waals surface area (Å²) >= 11 is 0. The van der Waals surface area contributed by atoms with E-state index < -0.39 is 10.0 Å². The van der Waals surface area contributed by atoms with Crippen molar-refractivity contribution < 1.29 is 0 Å². The molecule has 0 bridgehead atoms. The lowest BCUT2D eigenvalue weighted by molar-refractivity contribution is 1.08. The molecule has 7 aromatic carbocycles. The van der Waals surface area contributed by atoms with E-state index in [0.717, 1.165) is 44.7 Å². The zero-order valence-electron chi connectivity index (χ0n) is 29.8. The van der Waals surface area contributed by atoms with Crippen molar-refractivity contribution in [3.63, 3.8) is 0 Å². The van der Waals surface area contributed by atoms with Crippen LogP contribution in [0.1, 0.15) is 0 Å². The molecule has 0 saturated heterocycles. The second-order valence-electron chi connectivity index (χ2n) is 13.9. The Kier molecular flexibility index (Phi) is 7.22. The average molecular weight is 723 g/mol. The summed E-state index contributed by atoms with van der Waals surface area (Å²) in [6.45, 7) is 0. The van der Waals surface area contributed by atoms with Gasteiger partial charge in [0.25, 0.3) is 0 Å². The lowest BCUT2D eigenvalue weighted by Gasteiger charge is -2.42. The molecule has 4 aromatic heterocycles. The molecule has 0 unspecified atom stereocenters. The third-order valence-corrected chi connectivity index (χ3v) is 14.8. The van der Waals surface area contributed by atoms with Gasteiger partial charge in [-0.15, -0.1) is 10.0 Å². The maximum atomic E-state index is 5.19. The second-order valence-corrected chi connectivity index (χ2v) is 17.0. The molecular formula is C50H34N4S. The van der Waals surface area contributed by atoms with Gasteiger partial charge in [0.1, 0.15) is 11.5 Å². The molecule has 0 spiro atoms. The first kappa shape index (κ1) is 31.6. The predicted octanol–water partition coefficient (Wildman–Crippen LogP) is 13.1. The average Bonchev–Trinajstić information content (AvgIpc) is 3.86. The zero-order valence-corrected chi connectivity index (χ0v) is 30.6. The van der Waals surface area contributed by atoms with E-state index in [2.05, 4.69) is 197 Å². The third kappa shape index (κ3) is 4.73. The Morgan fingerprint density at radius 1 is 0.382 bits per heavy atom. The molecule has 4 nitrogen and oxygen atoms in total. The first-order chi connectivity index (χ1) is 27.3. The van der Waals surface area contributed by atoms with Crippen molar-refractivity contribution in [2.45, 2.75) is 19.6 Å². The molecule has 0 radical (unpaired) electrons. The van der Waals surface area contributed by atoms with Gasteiger partial charge in [-0.2, -0.15) is 0 Å². The van der Waals surface area contributed by atoms with Gasteiger partial charge in [-0.3, -0.25) is 8.97 Å². The molecule has 0 aliphatic rings. The summed E-state index contributed by atoms with van der Waals surface area (Å²) in [7, 11) is -2.07. The highest BCUT2D eigenvalue weighted by Crippen LogP contribution is 2.74. The lowest BCUT2D eigenvalue weighted by atomic mass is 10.1. The number of para-hydroxylation sites is 2. The summed E-state index contributed by atoms with van der Waals surface area (Å²) in [4.78, 5) is 15.1. The molecule has 260 valence electrons. The Bertz CT molecular complexity index is 3150. The fourth-order valence-corrected chi connectivity index (χ4v) is 12.5. The Hall–Kier alpha value is -6.95. The minimum Gasteiger partial charge on any atom is -0.294 e. The molecule has 0 fully saturated rings. The molecule has 0 aliphatic heterocycles. The summed E-state index contributed by atoms with van der Waals surface area (Å²) in [5.41, 5.74) is 6.59. The SMILES string of the molecule is c1ccc(-c2cnc3c4cc(S(c5ccccc5)(c5ccccc5)c5ccc6c7ccccc7n(-c7ccccn7)c6c5)ccc4c4ccccc4n23)cc1. The van der Waals surface area contributed by atoms with Crippen molar-refractivity contribution in [2.24, 2.45) is 0 Å². The number of nitrogens with zero attached hydrogens (tertiary/aromatic N) is 4. The molecule has 0 N–H and O–H groups in total. The van der Waals surface area contributed by atoms with Crippen LogP contribution in [0.3, 0.4) is 0 Å². The van der Waals surface area contributed by atoms with Crippen molar-refractivity contribution in [3.8, 4) is 17.1 Å². The molecule has 0 amide bonds. The van der Waals surface area contributed by atoms with Crippen molar-refractivity contribution in [3.05, 3.63) is 207 Å². The van der Waals surface area contributed by atoms with Crippen LogP contribution < -0.4 is 0 Å². The fourth-order valence-electron chi connectivity index (χ4n) is 8.57.